The Morgan fingerprint density at radius 3 is 2.60 bits per heavy atom. The molecule has 0 bridgehead atoms. The SMILES string of the molecule is Cc1csc2c(OCc3ccccc3)cc3c(c12)C(CCl)CN3C(=O)CCCC(=O)OC(C)(C)C. The molecule has 1 aromatic heterocycles. The Labute approximate surface area is 216 Å². The Morgan fingerprint density at radius 2 is 1.91 bits per heavy atom. The molecule has 0 aliphatic carbocycles. The van der Waals surface area contributed by atoms with E-state index >= 15 is 0 Å². The number of carbonyl (C=O) groups is 2. The average Bonchev–Trinajstić information content (AvgIpc) is 3.37. The summed E-state index contributed by atoms with van der Waals surface area (Å²) >= 11 is 8.05. The number of hydrogen-bond donors (Lipinski definition) is 0. The molecule has 0 saturated carbocycles. The molecule has 1 aliphatic heterocycles. The summed E-state index contributed by atoms with van der Waals surface area (Å²) in [5.74, 6) is 0.980. The number of benzene rings is 2. The van der Waals surface area contributed by atoms with Crippen molar-refractivity contribution in [3.05, 3.63) is 58.5 Å². The average molecular weight is 514 g/mol. The molecule has 3 aromatic rings. The molecule has 0 saturated heterocycles. The first kappa shape index (κ1) is 25.5. The van der Waals surface area contributed by atoms with Gasteiger partial charge in [0.2, 0.25) is 5.91 Å². The number of anilines is 1. The molecule has 35 heavy (non-hydrogen) atoms. The minimum atomic E-state index is -0.525. The van der Waals surface area contributed by atoms with E-state index in [9.17, 15) is 9.59 Å². The van der Waals surface area contributed by atoms with Gasteiger partial charge in [-0.2, -0.15) is 0 Å². The van der Waals surface area contributed by atoms with E-state index in [1.807, 2.05) is 62.1 Å². The summed E-state index contributed by atoms with van der Waals surface area (Å²) in [6.45, 7) is 8.61. The van der Waals surface area contributed by atoms with Gasteiger partial charge in [-0.05, 0) is 56.2 Å². The number of fused-ring (bicyclic) bond motifs is 3. The molecule has 4 rings (SSSR count). The number of alkyl halides is 1. The zero-order valence-corrected chi connectivity index (χ0v) is 22.3. The lowest BCUT2D eigenvalue weighted by atomic mass is 9.97. The summed E-state index contributed by atoms with van der Waals surface area (Å²) in [4.78, 5) is 27.2. The molecule has 2 aromatic carbocycles. The zero-order valence-electron chi connectivity index (χ0n) is 20.7. The molecule has 2 heterocycles. The highest BCUT2D eigenvalue weighted by Crippen LogP contribution is 2.49. The number of ether oxygens (including phenoxy) is 2. The van der Waals surface area contributed by atoms with Gasteiger partial charge < -0.3 is 14.4 Å². The van der Waals surface area contributed by atoms with Gasteiger partial charge in [0.25, 0.3) is 0 Å². The van der Waals surface area contributed by atoms with E-state index in [1.54, 1.807) is 11.3 Å². The van der Waals surface area contributed by atoms with Crippen LogP contribution in [0.2, 0.25) is 0 Å². The van der Waals surface area contributed by atoms with Crippen molar-refractivity contribution in [3.8, 4) is 5.75 Å². The van der Waals surface area contributed by atoms with Crippen LogP contribution in [0.15, 0.2) is 41.8 Å². The van der Waals surface area contributed by atoms with Crippen molar-refractivity contribution in [2.24, 2.45) is 0 Å². The molecule has 0 N–H and O–H groups in total. The Morgan fingerprint density at radius 1 is 1.17 bits per heavy atom. The van der Waals surface area contributed by atoms with Crippen molar-refractivity contribution >= 4 is 50.6 Å². The second kappa shape index (κ2) is 10.6. The van der Waals surface area contributed by atoms with E-state index in [1.165, 1.54) is 5.56 Å². The standard InChI is InChI=1S/C28H32ClNO4S/c1-18-17-35-27-22(33-16-19-9-6-5-7-10-19)13-21-26(25(18)27)20(14-29)15-30(21)23(31)11-8-12-24(32)34-28(2,3)4/h5-7,9-10,13,17,20H,8,11-12,14-16H2,1-4H3. The number of nitrogens with zero attached hydrogens (tertiary/aromatic N) is 1. The second-order valence-electron chi connectivity index (χ2n) is 10.0. The normalized spacial score (nSPS) is 15.3. The van der Waals surface area contributed by atoms with Crippen LogP contribution in [-0.2, 0) is 20.9 Å². The van der Waals surface area contributed by atoms with Gasteiger partial charge in [-0.3, -0.25) is 9.59 Å². The third kappa shape index (κ3) is 5.81. The molecular weight excluding hydrogens is 482 g/mol. The molecule has 1 atom stereocenters. The van der Waals surface area contributed by atoms with E-state index in [-0.39, 0.29) is 30.6 Å². The lowest BCUT2D eigenvalue weighted by Gasteiger charge is -2.20. The Hall–Kier alpha value is -2.57. The maximum atomic E-state index is 13.3. The molecule has 5 nitrogen and oxygen atoms in total. The van der Waals surface area contributed by atoms with Crippen LogP contribution in [0.3, 0.4) is 0 Å². The Bertz CT molecular complexity index is 1220. The first-order valence-corrected chi connectivity index (χ1v) is 13.4. The third-order valence-electron chi connectivity index (χ3n) is 6.03. The minimum Gasteiger partial charge on any atom is -0.487 e. The third-order valence-corrected chi connectivity index (χ3v) is 7.51. The molecular formula is C28H32ClNO4S. The monoisotopic (exact) mass is 513 g/mol. The van der Waals surface area contributed by atoms with Gasteiger partial charge in [-0.15, -0.1) is 22.9 Å². The fourth-order valence-corrected chi connectivity index (χ4v) is 5.81. The maximum Gasteiger partial charge on any atom is 0.306 e. The smallest absolute Gasteiger partial charge is 0.306 e. The van der Waals surface area contributed by atoms with Crippen LogP contribution < -0.4 is 9.64 Å². The molecule has 1 unspecified atom stereocenters. The van der Waals surface area contributed by atoms with Crippen LogP contribution in [-0.4, -0.2) is 29.9 Å². The van der Waals surface area contributed by atoms with Crippen molar-refractivity contribution in [2.45, 2.75) is 65.1 Å². The summed E-state index contributed by atoms with van der Waals surface area (Å²) in [6, 6.07) is 12.0. The van der Waals surface area contributed by atoms with Gasteiger partial charge in [0.15, 0.2) is 0 Å². The number of thiophene rings is 1. The number of rotatable bonds is 8. The van der Waals surface area contributed by atoms with Gasteiger partial charge >= 0.3 is 5.97 Å². The molecule has 0 radical (unpaired) electrons. The highest BCUT2D eigenvalue weighted by molar-refractivity contribution is 7.17. The fraction of sp³-hybridized carbons (Fsp3) is 0.429. The maximum absolute atomic E-state index is 13.3. The highest BCUT2D eigenvalue weighted by Gasteiger charge is 2.35. The molecule has 0 fully saturated rings. The van der Waals surface area contributed by atoms with Crippen molar-refractivity contribution in [2.75, 3.05) is 17.3 Å². The van der Waals surface area contributed by atoms with Crippen molar-refractivity contribution in [3.63, 3.8) is 0 Å². The molecule has 186 valence electrons. The highest BCUT2D eigenvalue weighted by atomic mass is 35.5. The van der Waals surface area contributed by atoms with E-state index in [0.29, 0.717) is 25.5 Å². The van der Waals surface area contributed by atoms with Crippen LogP contribution in [0.25, 0.3) is 10.1 Å². The van der Waals surface area contributed by atoms with E-state index < -0.39 is 5.60 Å². The quantitative estimate of drug-likeness (QED) is 0.241. The number of hydrogen-bond acceptors (Lipinski definition) is 5. The summed E-state index contributed by atoms with van der Waals surface area (Å²) in [5.41, 5.74) is 3.72. The van der Waals surface area contributed by atoms with Crippen molar-refractivity contribution < 1.29 is 19.1 Å². The molecule has 1 amide bonds. The van der Waals surface area contributed by atoms with Gasteiger partial charge in [0.05, 0.1) is 10.4 Å². The largest absolute Gasteiger partial charge is 0.487 e. The number of esters is 1. The molecule has 0 spiro atoms. The van der Waals surface area contributed by atoms with Crippen LogP contribution in [0.1, 0.15) is 62.6 Å². The van der Waals surface area contributed by atoms with Crippen LogP contribution in [0, 0.1) is 6.92 Å². The first-order chi connectivity index (χ1) is 16.7. The predicted molar refractivity (Wildman–Crippen MR) is 143 cm³/mol. The van der Waals surface area contributed by atoms with Gasteiger partial charge in [-0.25, -0.2) is 0 Å². The van der Waals surface area contributed by atoms with Crippen LogP contribution in [0.5, 0.6) is 5.75 Å². The lowest BCUT2D eigenvalue weighted by Crippen LogP contribution is -2.30. The number of amides is 1. The summed E-state index contributed by atoms with van der Waals surface area (Å²) in [7, 11) is 0. The fourth-order valence-electron chi connectivity index (χ4n) is 4.52. The lowest BCUT2D eigenvalue weighted by molar-refractivity contribution is -0.154. The first-order valence-electron chi connectivity index (χ1n) is 12.0. The van der Waals surface area contributed by atoms with Crippen LogP contribution in [0.4, 0.5) is 5.69 Å². The number of aryl methyl sites for hydroxylation is 1. The number of halogens is 1. The Balaban J connectivity index is 1.58. The van der Waals surface area contributed by atoms with E-state index in [4.69, 9.17) is 21.1 Å². The topological polar surface area (TPSA) is 55.8 Å². The summed E-state index contributed by atoms with van der Waals surface area (Å²) < 4.78 is 12.7. The molecule has 1 aliphatic rings. The number of carbonyl (C=O) groups excluding carboxylic acids is 2. The minimum absolute atomic E-state index is 0.0105. The predicted octanol–water partition coefficient (Wildman–Crippen LogP) is 6.97. The second-order valence-corrected chi connectivity index (χ2v) is 11.2. The van der Waals surface area contributed by atoms with E-state index in [0.717, 1.165) is 32.6 Å². The van der Waals surface area contributed by atoms with Crippen molar-refractivity contribution in [1.82, 2.24) is 0 Å². The summed E-state index contributed by atoms with van der Waals surface area (Å²) in [5, 5.41) is 3.28. The van der Waals surface area contributed by atoms with Crippen LogP contribution >= 0.6 is 22.9 Å². The van der Waals surface area contributed by atoms with E-state index in [2.05, 4.69) is 12.3 Å². The summed E-state index contributed by atoms with van der Waals surface area (Å²) in [6.07, 6.45) is 0.938. The van der Waals surface area contributed by atoms with Gasteiger partial charge in [0, 0.05) is 42.6 Å². The van der Waals surface area contributed by atoms with Gasteiger partial charge in [0.1, 0.15) is 18.0 Å². The van der Waals surface area contributed by atoms with Crippen molar-refractivity contribution in [1.29, 1.82) is 0 Å². The zero-order chi connectivity index (χ0) is 25.2. The van der Waals surface area contributed by atoms with Gasteiger partial charge in [-0.1, -0.05) is 30.3 Å². The molecule has 7 heteroatoms. The Kier molecular flexibility index (Phi) is 7.72.